The Hall–Kier alpha value is -1.43. The highest BCUT2D eigenvalue weighted by molar-refractivity contribution is 9.10. The number of aromatic nitrogens is 2. The Kier molecular flexibility index (Phi) is 2.22. The first-order chi connectivity index (χ1) is 7.00. The molecule has 1 aromatic carbocycles. The number of benzene rings is 1. The lowest BCUT2D eigenvalue weighted by molar-refractivity contribution is 0.0691. The van der Waals surface area contributed by atoms with Crippen LogP contribution in [0, 0.1) is 5.82 Å². The van der Waals surface area contributed by atoms with Crippen LogP contribution in [-0.2, 0) is 7.05 Å². The molecule has 0 bridgehead atoms. The van der Waals surface area contributed by atoms with E-state index in [1.165, 1.54) is 10.7 Å². The minimum absolute atomic E-state index is 0.0354. The third-order valence-corrected chi connectivity index (χ3v) is 2.53. The van der Waals surface area contributed by atoms with Crippen molar-refractivity contribution in [3.05, 3.63) is 28.1 Å². The van der Waals surface area contributed by atoms with Crippen LogP contribution in [0.4, 0.5) is 4.39 Å². The van der Waals surface area contributed by atoms with Crippen LogP contribution in [0.25, 0.3) is 10.9 Å². The summed E-state index contributed by atoms with van der Waals surface area (Å²) in [5.74, 6) is -1.83. The zero-order chi connectivity index (χ0) is 11.2. The van der Waals surface area contributed by atoms with E-state index < -0.39 is 11.8 Å². The first-order valence-electron chi connectivity index (χ1n) is 4.05. The van der Waals surface area contributed by atoms with Crippen molar-refractivity contribution in [1.29, 1.82) is 0 Å². The largest absolute Gasteiger partial charge is 0.476 e. The molecule has 0 saturated heterocycles. The molecule has 1 heterocycles. The number of carbonyl (C=O) groups is 1. The SMILES string of the molecule is Cn1nc(C(=O)O)c2c(F)cc(Br)cc21. The van der Waals surface area contributed by atoms with Crippen LogP contribution < -0.4 is 0 Å². The monoisotopic (exact) mass is 272 g/mol. The molecule has 0 aliphatic rings. The minimum atomic E-state index is -1.23. The Morgan fingerprint density at radius 3 is 2.87 bits per heavy atom. The van der Waals surface area contributed by atoms with Crippen molar-refractivity contribution < 1.29 is 14.3 Å². The van der Waals surface area contributed by atoms with Gasteiger partial charge >= 0.3 is 5.97 Å². The van der Waals surface area contributed by atoms with Gasteiger partial charge in [-0.25, -0.2) is 9.18 Å². The number of fused-ring (bicyclic) bond motifs is 1. The number of rotatable bonds is 1. The number of hydrogen-bond donors (Lipinski definition) is 1. The third kappa shape index (κ3) is 1.50. The van der Waals surface area contributed by atoms with Crippen molar-refractivity contribution >= 4 is 32.8 Å². The molecule has 1 aromatic heterocycles. The van der Waals surface area contributed by atoms with Crippen molar-refractivity contribution in [3.63, 3.8) is 0 Å². The Morgan fingerprint density at radius 2 is 2.27 bits per heavy atom. The average molecular weight is 273 g/mol. The minimum Gasteiger partial charge on any atom is -0.476 e. The number of nitrogens with zero attached hydrogens (tertiary/aromatic N) is 2. The Balaban J connectivity index is 2.93. The van der Waals surface area contributed by atoms with E-state index in [1.807, 2.05) is 0 Å². The number of aryl methyl sites for hydroxylation is 1. The number of carboxylic acid groups (broad SMARTS) is 1. The van der Waals surface area contributed by atoms with Gasteiger partial charge in [0, 0.05) is 11.5 Å². The van der Waals surface area contributed by atoms with E-state index >= 15 is 0 Å². The van der Waals surface area contributed by atoms with Gasteiger partial charge in [0.1, 0.15) is 5.82 Å². The van der Waals surface area contributed by atoms with E-state index in [0.29, 0.717) is 9.99 Å². The van der Waals surface area contributed by atoms with Crippen molar-refractivity contribution in [2.45, 2.75) is 0 Å². The summed E-state index contributed by atoms with van der Waals surface area (Å²) in [5.41, 5.74) is 0.178. The highest BCUT2D eigenvalue weighted by atomic mass is 79.9. The van der Waals surface area contributed by atoms with Gasteiger partial charge in [-0.3, -0.25) is 4.68 Å². The maximum atomic E-state index is 13.5. The van der Waals surface area contributed by atoms with Gasteiger partial charge in [0.2, 0.25) is 0 Å². The predicted octanol–water partition coefficient (Wildman–Crippen LogP) is 2.17. The molecule has 1 N–H and O–H groups in total. The summed E-state index contributed by atoms with van der Waals surface area (Å²) in [5, 5.41) is 12.6. The van der Waals surface area contributed by atoms with Crippen LogP contribution in [0.3, 0.4) is 0 Å². The van der Waals surface area contributed by atoms with Crippen LogP contribution in [0.5, 0.6) is 0 Å². The summed E-state index contributed by atoms with van der Waals surface area (Å²) in [6.45, 7) is 0. The second kappa shape index (κ2) is 3.30. The zero-order valence-corrected chi connectivity index (χ0v) is 9.25. The molecule has 2 aromatic rings. The summed E-state index contributed by atoms with van der Waals surface area (Å²) in [6.07, 6.45) is 0. The number of halogens is 2. The summed E-state index contributed by atoms with van der Waals surface area (Å²) >= 11 is 3.14. The van der Waals surface area contributed by atoms with Crippen molar-refractivity contribution in [3.8, 4) is 0 Å². The Bertz CT molecular complexity index is 565. The number of carboxylic acids is 1. The van der Waals surface area contributed by atoms with E-state index in [-0.39, 0.29) is 11.1 Å². The molecule has 6 heteroatoms. The lowest BCUT2D eigenvalue weighted by Gasteiger charge is -1.96. The highest BCUT2D eigenvalue weighted by Crippen LogP contribution is 2.25. The second-order valence-corrected chi connectivity index (χ2v) is 3.97. The summed E-state index contributed by atoms with van der Waals surface area (Å²) in [4.78, 5) is 10.8. The Labute approximate surface area is 92.4 Å². The van der Waals surface area contributed by atoms with Crippen LogP contribution in [0.15, 0.2) is 16.6 Å². The summed E-state index contributed by atoms with van der Waals surface area (Å²) < 4.78 is 15.4. The topological polar surface area (TPSA) is 55.1 Å². The second-order valence-electron chi connectivity index (χ2n) is 3.06. The molecule has 78 valence electrons. The molecule has 0 aliphatic heterocycles. The van der Waals surface area contributed by atoms with Gasteiger partial charge in [-0.15, -0.1) is 0 Å². The fraction of sp³-hybridized carbons (Fsp3) is 0.111. The summed E-state index contributed by atoms with van der Waals surface area (Å²) in [6, 6.07) is 2.84. The van der Waals surface area contributed by atoms with Crippen molar-refractivity contribution in [2.75, 3.05) is 0 Å². The average Bonchev–Trinajstić information content (AvgIpc) is 2.44. The van der Waals surface area contributed by atoms with E-state index in [4.69, 9.17) is 5.11 Å². The summed E-state index contributed by atoms with van der Waals surface area (Å²) in [7, 11) is 1.57. The molecule has 2 rings (SSSR count). The predicted molar refractivity (Wildman–Crippen MR) is 55.3 cm³/mol. The van der Waals surface area contributed by atoms with E-state index in [0.717, 1.165) is 0 Å². The molecule has 0 saturated carbocycles. The molecule has 0 radical (unpaired) electrons. The molecule has 0 unspecified atom stereocenters. The van der Waals surface area contributed by atoms with Gasteiger partial charge in [0.15, 0.2) is 5.69 Å². The van der Waals surface area contributed by atoms with Crippen LogP contribution in [0.2, 0.25) is 0 Å². The molecule has 0 aliphatic carbocycles. The molecule has 0 fully saturated rings. The van der Waals surface area contributed by atoms with Crippen molar-refractivity contribution in [2.24, 2.45) is 7.05 Å². The fourth-order valence-corrected chi connectivity index (χ4v) is 1.87. The lowest BCUT2D eigenvalue weighted by Crippen LogP contribution is -1.99. The van der Waals surface area contributed by atoms with Crippen LogP contribution in [-0.4, -0.2) is 20.9 Å². The molecule has 0 spiro atoms. The standard InChI is InChI=1S/C9H6BrFN2O2/c1-13-6-3-4(10)2-5(11)7(6)8(12-13)9(14)15/h2-3H,1H3,(H,14,15). The fourth-order valence-electron chi connectivity index (χ4n) is 1.45. The molecule has 4 nitrogen and oxygen atoms in total. The molecule has 15 heavy (non-hydrogen) atoms. The highest BCUT2D eigenvalue weighted by Gasteiger charge is 2.18. The van der Waals surface area contributed by atoms with Gasteiger partial charge in [0.05, 0.1) is 10.9 Å². The molecule has 0 atom stereocenters. The van der Waals surface area contributed by atoms with Crippen molar-refractivity contribution in [1.82, 2.24) is 9.78 Å². The van der Waals surface area contributed by atoms with Crippen LogP contribution >= 0.6 is 15.9 Å². The molecular weight excluding hydrogens is 267 g/mol. The Morgan fingerprint density at radius 1 is 1.60 bits per heavy atom. The first kappa shape index (κ1) is 10.1. The lowest BCUT2D eigenvalue weighted by atomic mass is 10.2. The number of hydrogen-bond acceptors (Lipinski definition) is 2. The number of aromatic carboxylic acids is 1. The van der Waals surface area contributed by atoms with Gasteiger partial charge in [0.25, 0.3) is 0 Å². The normalized spacial score (nSPS) is 10.9. The van der Waals surface area contributed by atoms with Gasteiger partial charge in [-0.2, -0.15) is 5.10 Å². The first-order valence-corrected chi connectivity index (χ1v) is 4.85. The van der Waals surface area contributed by atoms with E-state index in [2.05, 4.69) is 21.0 Å². The van der Waals surface area contributed by atoms with Gasteiger partial charge < -0.3 is 5.11 Å². The maximum absolute atomic E-state index is 13.5. The van der Waals surface area contributed by atoms with Gasteiger partial charge in [-0.05, 0) is 12.1 Å². The molecular formula is C9H6BrFN2O2. The van der Waals surface area contributed by atoms with E-state index in [1.54, 1.807) is 13.1 Å². The smallest absolute Gasteiger partial charge is 0.357 e. The zero-order valence-electron chi connectivity index (χ0n) is 7.66. The van der Waals surface area contributed by atoms with E-state index in [9.17, 15) is 9.18 Å². The third-order valence-electron chi connectivity index (χ3n) is 2.07. The quantitative estimate of drug-likeness (QED) is 0.866. The van der Waals surface area contributed by atoms with Gasteiger partial charge in [-0.1, -0.05) is 15.9 Å². The maximum Gasteiger partial charge on any atom is 0.357 e. The van der Waals surface area contributed by atoms with Crippen LogP contribution in [0.1, 0.15) is 10.5 Å². The molecule has 0 amide bonds.